The molecule has 0 atom stereocenters. The molecule has 0 aliphatic rings. The summed E-state index contributed by atoms with van der Waals surface area (Å²) in [5.41, 5.74) is 5.57. The van der Waals surface area contributed by atoms with Gasteiger partial charge in [-0.05, 0) is 6.07 Å². The van der Waals surface area contributed by atoms with Crippen LogP contribution in [0.15, 0.2) is 6.07 Å². The number of nitrogens with two attached hydrogens (primary N) is 1. The highest BCUT2D eigenvalue weighted by Crippen LogP contribution is 2.30. The predicted octanol–water partition coefficient (Wildman–Crippen LogP) is 2.07. The van der Waals surface area contributed by atoms with Crippen molar-refractivity contribution in [2.24, 2.45) is 5.73 Å². The molecule has 0 radical (unpaired) electrons. The van der Waals surface area contributed by atoms with Gasteiger partial charge in [0.15, 0.2) is 0 Å². The van der Waals surface area contributed by atoms with Crippen LogP contribution in [0.3, 0.4) is 0 Å². The van der Waals surface area contributed by atoms with Gasteiger partial charge in [0.2, 0.25) is 0 Å². The van der Waals surface area contributed by atoms with E-state index in [2.05, 4.69) is 17.5 Å². The average molecular weight is 269 g/mol. The Balaban J connectivity index is 2.69. The largest absolute Gasteiger partial charge is 0.392 e. The highest BCUT2D eigenvalue weighted by atomic mass is 35.5. The lowest BCUT2D eigenvalue weighted by atomic mass is 10.3. The molecule has 0 aliphatic carbocycles. The first-order valence-electron chi connectivity index (χ1n) is 3.52. The van der Waals surface area contributed by atoms with Crippen molar-refractivity contribution in [2.45, 2.75) is 0 Å². The number of thiocarbonyl (C=S) groups is 1. The number of hydrogen-bond donors (Lipinski definition) is 2. The van der Waals surface area contributed by atoms with E-state index in [0.29, 0.717) is 14.2 Å². The third kappa shape index (κ3) is 3.09. The lowest BCUT2D eigenvalue weighted by Gasteiger charge is -2.01. The maximum absolute atomic E-state index is 11.4. The van der Waals surface area contributed by atoms with Crippen LogP contribution in [-0.4, -0.2) is 17.4 Å². The molecule has 0 fully saturated rings. The third-order valence-electron chi connectivity index (χ3n) is 1.32. The highest BCUT2D eigenvalue weighted by molar-refractivity contribution is 7.80. The zero-order chi connectivity index (χ0) is 10.7. The van der Waals surface area contributed by atoms with Crippen LogP contribution in [-0.2, 0) is 0 Å². The summed E-state index contributed by atoms with van der Waals surface area (Å²) >= 11 is 17.2. The number of halogens is 2. The molecule has 0 aromatic carbocycles. The zero-order valence-corrected chi connectivity index (χ0v) is 9.99. The summed E-state index contributed by atoms with van der Waals surface area (Å²) < 4.78 is 0.825. The number of carbonyl (C=O) groups is 1. The van der Waals surface area contributed by atoms with Crippen LogP contribution >= 0.6 is 46.8 Å². The zero-order valence-electron chi connectivity index (χ0n) is 6.84. The minimum Gasteiger partial charge on any atom is -0.392 e. The average Bonchev–Trinajstić information content (AvgIpc) is 2.41. The smallest absolute Gasteiger partial charge is 0.254 e. The first-order valence-corrected chi connectivity index (χ1v) is 5.50. The molecule has 0 spiro atoms. The van der Waals surface area contributed by atoms with E-state index >= 15 is 0 Å². The van der Waals surface area contributed by atoms with Gasteiger partial charge in [0.05, 0.1) is 21.4 Å². The Hall–Kier alpha value is -0.360. The lowest BCUT2D eigenvalue weighted by molar-refractivity contribution is 0.0960. The molecule has 3 nitrogen and oxygen atoms in total. The van der Waals surface area contributed by atoms with E-state index < -0.39 is 0 Å². The topological polar surface area (TPSA) is 55.1 Å². The normalized spacial score (nSPS) is 9.86. The first kappa shape index (κ1) is 11.7. The minimum atomic E-state index is -0.328. The van der Waals surface area contributed by atoms with Gasteiger partial charge in [-0.3, -0.25) is 4.79 Å². The van der Waals surface area contributed by atoms with Crippen LogP contribution in [0.1, 0.15) is 10.4 Å². The monoisotopic (exact) mass is 268 g/mol. The van der Waals surface area contributed by atoms with Crippen molar-refractivity contribution in [1.29, 1.82) is 0 Å². The molecule has 1 aromatic rings. The SMILES string of the molecule is NC(=S)CNC(=O)c1cc(Cl)sc1Cl. The van der Waals surface area contributed by atoms with E-state index in [-0.39, 0.29) is 17.4 Å². The molecule has 76 valence electrons. The van der Waals surface area contributed by atoms with Crippen molar-refractivity contribution in [1.82, 2.24) is 5.32 Å². The Morgan fingerprint density at radius 3 is 2.71 bits per heavy atom. The van der Waals surface area contributed by atoms with Crippen LogP contribution < -0.4 is 11.1 Å². The number of thiophene rings is 1. The number of rotatable bonds is 3. The summed E-state index contributed by atoms with van der Waals surface area (Å²) in [4.78, 5) is 11.6. The molecule has 0 saturated carbocycles. The standard InChI is InChI=1S/C7H6Cl2N2OS2/c8-4-1-3(6(9)14-4)7(12)11-2-5(10)13/h1H,2H2,(H2,10,13)(H,11,12). The summed E-state index contributed by atoms with van der Waals surface area (Å²) in [6, 6.07) is 1.50. The molecule has 14 heavy (non-hydrogen) atoms. The van der Waals surface area contributed by atoms with E-state index in [1.807, 2.05) is 0 Å². The summed E-state index contributed by atoms with van der Waals surface area (Å²) in [7, 11) is 0. The van der Waals surface area contributed by atoms with Crippen molar-refractivity contribution < 1.29 is 4.79 Å². The van der Waals surface area contributed by atoms with Crippen LogP contribution in [0.4, 0.5) is 0 Å². The lowest BCUT2D eigenvalue weighted by Crippen LogP contribution is -2.32. The molecule has 0 saturated heterocycles. The van der Waals surface area contributed by atoms with Gasteiger partial charge < -0.3 is 11.1 Å². The van der Waals surface area contributed by atoms with E-state index in [0.717, 1.165) is 11.3 Å². The fourth-order valence-electron chi connectivity index (χ4n) is 0.758. The molecular weight excluding hydrogens is 263 g/mol. The molecule has 7 heteroatoms. The summed E-state index contributed by atoms with van der Waals surface area (Å²) in [5, 5.41) is 2.51. The first-order chi connectivity index (χ1) is 6.50. The van der Waals surface area contributed by atoms with Gasteiger partial charge in [0, 0.05) is 0 Å². The summed E-state index contributed by atoms with van der Waals surface area (Å²) in [6.07, 6.45) is 0. The third-order valence-corrected chi connectivity index (χ3v) is 2.96. The Bertz CT molecular complexity index is 378. The second-order valence-electron chi connectivity index (χ2n) is 2.39. The van der Waals surface area contributed by atoms with Gasteiger partial charge in [0.25, 0.3) is 5.91 Å². The van der Waals surface area contributed by atoms with Gasteiger partial charge in [-0.1, -0.05) is 35.4 Å². The Labute approximate surface area is 100 Å². The molecule has 1 aromatic heterocycles. The Morgan fingerprint density at radius 1 is 1.64 bits per heavy atom. The Morgan fingerprint density at radius 2 is 2.29 bits per heavy atom. The van der Waals surface area contributed by atoms with Gasteiger partial charge in [-0.15, -0.1) is 11.3 Å². The Kier molecular flexibility index (Phi) is 4.12. The fraction of sp³-hybridized carbons (Fsp3) is 0.143. The van der Waals surface area contributed by atoms with E-state index in [4.69, 9.17) is 28.9 Å². The van der Waals surface area contributed by atoms with Crippen LogP contribution in [0.25, 0.3) is 0 Å². The van der Waals surface area contributed by atoms with Gasteiger partial charge >= 0.3 is 0 Å². The molecule has 1 rings (SSSR count). The highest BCUT2D eigenvalue weighted by Gasteiger charge is 2.13. The van der Waals surface area contributed by atoms with Gasteiger partial charge in [0.1, 0.15) is 4.34 Å². The quantitative estimate of drug-likeness (QED) is 0.826. The second-order valence-corrected chi connectivity index (χ2v) is 5.20. The van der Waals surface area contributed by atoms with Crippen molar-refractivity contribution in [3.63, 3.8) is 0 Å². The van der Waals surface area contributed by atoms with Crippen LogP contribution in [0.5, 0.6) is 0 Å². The van der Waals surface area contributed by atoms with Crippen molar-refractivity contribution in [2.75, 3.05) is 6.54 Å². The summed E-state index contributed by atoms with van der Waals surface area (Å²) in [5.74, 6) is -0.328. The van der Waals surface area contributed by atoms with Crippen molar-refractivity contribution >= 4 is 57.7 Å². The van der Waals surface area contributed by atoms with E-state index in [9.17, 15) is 4.79 Å². The predicted molar refractivity (Wildman–Crippen MR) is 63.5 cm³/mol. The van der Waals surface area contributed by atoms with Crippen molar-refractivity contribution in [3.8, 4) is 0 Å². The molecule has 3 N–H and O–H groups in total. The summed E-state index contributed by atoms with van der Waals surface area (Å²) in [6.45, 7) is 0.151. The molecule has 1 amide bonds. The molecular formula is C7H6Cl2N2OS2. The maximum Gasteiger partial charge on any atom is 0.254 e. The van der Waals surface area contributed by atoms with Crippen molar-refractivity contribution in [3.05, 3.63) is 20.3 Å². The molecule has 1 heterocycles. The number of amides is 1. The van der Waals surface area contributed by atoms with Gasteiger partial charge in [-0.25, -0.2) is 0 Å². The maximum atomic E-state index is 11.4. The van der Waals surface area contributed by atoms with Crippen LogP contribution in [0, 0.1) is 0 Å². The number of hydrogen-bond acceptors (Lipinski definition) is 3. The molecule has 0 aliphatic heterocycles. The molecule has 0 bridgehead atoms. The second kappa shape index (κ2) is 4.93. The van der Waals surface area contributed by atoms with E-state index in [1.54, 1.807) is 0 Å². The number of nitrogens with one attached hydrogen (secondary N) is 1. The van der Waals surface area contributed by atoms with E-state index in [1.165, 1.54) is 6.07 Å². The molecule has 0 unspecified atom stereocenters. The van der Waals surface area contributed by atoms with Gasteiger partial charge in [-0.2, -0.15) is 0 Å². The minimum absolute atomic E-state index is 0.151. The fourth-order valence-corrected chi connectivity index (χ4v) is 2.29. The van der Waals surface area contributed by atoms with Crippen LogP contribution in [0.2, 0.25) is 8.67 Å². The number of carbonyl (C=O) groups excluding carboxylic acids is 1.